The summed E-state index contributed by atoms with van der Waals surface area (Å²) in [5.74, 6) is 1.35. The van der Waals surface area contributed by atoms with E-state index in [2.05, 4.69) is 50.3 Å². The highest BCUT2D eigenvalue weighted by atomic mass is 79.9. The minimum absolute atomic E-state index is 0.650. The molecule has 0 atom stereocenters. The third-order valence-corrected chi connectivity index (χ3v) is 3.80. The summed E-state index contributed by atoms with van der Waals surface area (Å²) in [6, 6.07) is 18.3. The lowest BCUT2D eigenvalue weighted by Crippen LogP contribution is -1.90. The van der Waals surface area contributed by atoms with Crippen LogP contribution in [0.2, 0.25) is 0 Å². The fourth-order valence-corrected chi connectivity index (χ4v) is 2.43. The first-order chi connectivity index (χ1) is 10.3. The van der Waals surface area contributed by atoms with E-state index in [0.29, 0.717) is 11.7 Å². The molecule has 3 rings (SSSR count). The zero-order valence-electron chi connectivity index (χ0n) is 11.5. The minimum atomic E-state index is 0.650. The van der Waals surface area contributed by atoms with Crippen LogP contribution >= 0.6 is 15.9 Å². The molecule has 106 valence electrons. The molecule has 0 saturated heterocycles. The molecule has 1 aromatic heterocycles. The van der Waals surface area contributed by atoms with E-state index < -0.39 is 0 Å². The Morgan fingerprint density at radius 2 is 1.67 bits per heavy atom. The maximum atomic E-state index is 5.31. The number of rotatable bonds is 5. The average Bonchev–Trinajstić information content (AvgIpc) is 2.98. The molecule has 0 amide bonds. The zero-order valence-corrected chi connectivity index (χ0v) is 13.1. The van der Waals surface area contributed by atoms with Crippen LogP contribution in [0.4, 0.5) is 0 Å². The van der Waals surface area contributed by atoms with E-state index in [0.717, 1.165) is 29.3 Å². The number of halogens is 1. The van der Waals surface area contributed by atoms with Crippen molar-refractivity contribution in [3.8, 4) is 11.4 Å². The topological polar surface area (TPSA) is 38.9 Å². The van der Waals surface area contributed by atoms with Crippen molar-refractivity contribution in [2.75, 3.05) is 0 Å². The normalized spacial score (nSPS) is 10.7. The van der Waals surface area contributed by atoms with Gasteiger partial charge >= 0.3 is 0 Å². The number of hydrogen-bond donors (Lipinski definition) is 0. The molecule has 0 N–H and O–H groups in total. The molecule has 0 aliphatic carbocycles. The molecule has 3 aromatic rings. The predicted molar refractivity (Wildman–Crippen MR) is 85.9 cm³/mol. The van der Waals surface area contributed by atoms with Crippen LogP contribution < -0.4 is 0 Å². The fraction of sp³-hybridized carbons (Fsp3) is 0.176. The Kier molecular flexibility index (Phi) is 4.46. The number of nitrogens with zero attached hydrogens (tertiary/aromatic N) is 2. The van der Waals surface area contributed by atoms with Gasteiger partial charge in [-0.25, -0.2) is 0 Å². The van der Waals surface area contributed by atoms with Crippen LogP contribution in [0.25, 0.3) is 11.4 Å². The van der Waals surface area contributed by atoms with E-state index in [-0.39, 0.29) is 0 Å². The van der Waals surface area contributed by atoms with Gasteiger partial charge in [0.1, 0.15) is 0 Å². The first-order valence-electron chi connectivity index (χ1n) is 6.94. The summed E-state index contributed by atoms with van der Waals surface area (Å²) in [5, 5.41) is 4.04. The van der Waals surface area contributed by atoms with Gasteiger partial charge in [0.25, 0.3) is 0 Å². The van der Waals surface area contributed by atoms with Crippen LogP contribution in [-0.2, 0) is 12.8 Å². The van der Waals surface area contributed by atoms with Crippen LogP contribution in [-0.4, -0.2) is 10.1 Å². The van der Waals surface area contributed by atoms with Gasteiger partial charge in [-0.3, -0.25) is 0 Å². The van der Waals surface area contributed by atoms with Crippen molar-refractivity contribution in [3.05, 3.63) is 70.5 Å². The molecule has 4 heteroatoms. The van der Waals surface area contributed by atoms with Gasteiger partial charge in [0.05, 0.1) is 0 Å². The Morgan fingerprint density at radius 1 is 0.905 bits per heavy atom. The molecule has 0 radical (unpaired) electrons. The van der Waals surface area contributed by atoms with E-state index in [1.165, 1.54) is 5.56 Å². The Labute approximate surface area is 132 Å². The molecule has 21 heavy (non-hydrogen) atoms. The molecule has 2 aromatic carbocycles. The Hall–Kier alpha value is -1.94. The van der Waals surface area contributed by atoms with Crippen molar-refractivity contribution in [2.24, 2.45) is 0 Å². The van der Waals surface area contributed by atoms with Gasteiger partial charge in [0.2, 0.25) is 11.7 Å². The van der Waals surface area contributed by atoms with Gasteiger partial charge in [0.15, 0.2) is 0 Å². The van der Waals surface area contributed by atoms with Crippen LogP contribution in [0, 0.1) is 0 Å². The molecule has 3 nitrogen and oxygen atoms in total. The van der Waals surface area contributed by atoms with Crippen molar-refractivity contribution in [2.45, 2.75) is 19.3 Å². The lowest BCUT2D eigenvalue weighted by Gasteiger charge is -1.98. The maximum absolute atomic E-state index is 5.31. The number of hydrogen-bond acceptors (Lipinski definition) is 3. The monoisotopic (exact) mass is 342 g/mol. The molecule has 0 bridgehead atoms. The molecule has 0 aliphatic heterocycles. The SMILES string of the molecule is Brc1ccc(-c2noc(CCCc3ccccc3)n2)cc1. The Balaban J connectivity index is 1.59. The van der Waals surface area contributed by atoms with Crippen LogP contribution in [0.5, 0.6) is 0 Å². The lowest BCUT2D eigenvalue weighted by molar-refractivity contribution is 0.376. The lowest BCUT2D eigenvalue weighted by atomic mass is 10.1. The third-order valence-electron chi connectivity index (χ3n) is 3.27. The van der Waals surface area contributed by atoms with E-state index in [4.69, 9.17) is 4.52 Å². The maximum Gasteiger partial charge on any atom is 0.226 e. The molecule has 0 aliphatic rings. The second-order valence-electron chi connectivity index (χ2n) is 4.86. The quantitative estimate of drug-likeness (QED) is 0.675. The summed E-state index contributed by atoms with van der Waals surface area (Å²) in [6.45, 7) is 0. The van der Waals surface area contributed by atoms with E-state index >= 15 is 0 Å². The molecular formula is C17H15BrN2O. The number of aromatic nitrogens is 2. The zero-order chi connectivity index (χ0) is 14.5. The molecule has 0 saturated carbocycles. The van der Waals surface area contributed by atoms with Crippen molar-refractivity contribution in [3.63, 3.8) is 0 Å². The van der Waals surface area contributed by atoms with E-state index in [9.17, 15) is 0 Å². The molecule has 0 spiro atoms. The van der Waals surface area contributed by atoms with Crippen LogP contribution in [0.3, 0.4) is 0 Å². The fourth-order valence-electron chi connectivity index (χ4n) is 2.16. The highest BCUT2D eigenvalue weighted by Crippen LogP contribution is 2.19. The van der Waals surface area contributed by atoms with Gasteiger partial charge in [-0.2, -0.15) is 4.98 Å². The molecular weight excluding hydrogens is 328 g/mol. The van der Waals surface area contributed by atoms with Gasteiger partial charge in [0, 0.05) is 16.5 Å². The van der Waals surface area contributed by atoms with Gasteiger partial charge in [-0.1, -0.05) is 51.4 Å². The summed E-state index contributed by atoms with van der Waals surface area (Å²) >= 11 is 3.42. The van der Waals surface area contributed by atoms with E-state index in [1.807, 2.05) is 30.3 Å². The summed E-state index contributed by atoms with van der Waals surface area (Å²) in [7, 11) is 0. The smallest absolute Gasteiger partial charge is 0.226 e. The second-order valence-corrected chi connectivity index (χ2v) is 5.77. The van der Waals surface area contributed by atoms with Crippen molar-refractivity contribution in [1.82, 2.24) is 10.1 Å². The Morgan fingerprint density at radius 3 is 2.43 bits per heavy atom. The predicted octanol–water partition coefficient (Wildman–Crippen LogP) is 4.67. The molecule has 0 unspecified atom stereocenters. The summed E-state index contributed by atoms with van der Waals surface area (Å²) < 4.78 is 6.35. The van der Waals surface area contributed by atoms with Crippen LogP contribution in [0.1, 0.15) is 17.9 Å². The number of aryl methyl sites for hydroxylation is 2. The van der Waals surface area contributed by atoms with E-state index in [1.54, 1.807) is 0 Å². The van der Waals surface area contributed by atoms with Gasteiger partial charge < -0.3 is 4.52 Å². The standard InChI is InChI=1S/C17H15BrN2O/c18-15-11-9-14(10-12-15)17-19-16(21-20-17)8-4-7-13-5-2-1-3-6-13/h1-3,5-6,9-12H,4,7-8H2. The van der Waals surface area contributed by atoms with Crippen molar-refractivity contribution < 1.29 is 4.52 Å². The highest BCUT2D eigenvalue weighted by molar-refractivity contribution is 9.10. The van der Waals surface area contributed by atoms with Gasteiger partial charge in [-0.15, -0.1) is 0 Å². The first-order valence-corrected chi connectivity index (χ1v) is 7.73. The molecule has 1 heterocycles. The van der Waals surface area contributed by atoms with Gasteiger partial charge in [-0.05, 0) is 42.7 Å². The largest absolute Gasteiger partial charge is 0.339 e. The van der Waals surface area contributed by atoms with Crippen molar-refractivity contribution in [1.29, 1.82) is 0 Å². The summed E-state index contributed by atoms with van der Waals surface area (Å²) in [4.78, 5) is 4.45. The first kappa shape index (κ1) is 14.0. The Bertz CT molecular complexity index is 692. The molecule has 0 fully saturated rings. The second kappa shape index (κ2) is 6.68. The minimum Gasteiger partial charge on any atom is -0.339 e. The summed E-state index contributed by atoms with van der Waals surface area (Å²) in [5.41, 5.74) is 2.31. The summed E-state index contributed by atoms with van der Waals surface area (Å²) in [6.07, 6.45) is 2.83. The third kappa shape index (κ3) is 3.79. The van der Waals surface area contributed by atoms with Crippen LogP contribution in [0.15, 0.2) is 63.6 Å². The highest BCUT2D eigenvalue weighted by Gasteiger charge is 2.08. The van der Waals surface area contributed by atoms with Crippen molar-refractivity contribution >= 4 is 15.9 Å². The number of benzene rings is 2. The average molecular weight is 343 g/mol.